The number of ether oxygens (including phenoxy) is 1. The Kier molecular flexibility index (Phi) is 5.30. The standard InChI is InChI=1S/C21H30N4O2/c1-15-6-7-20-22-18(9-21(26)25(20)10-15)13-24-8-4-5-19(24)14-23-11-16(2)27-17(3)12-23/h6-7,9-10,16-17,19H,4-5,8,11-14H2,1-3H3. The zero-order chi connectivity index (χ0) is 19.0. The SMILES string of the molecule is Cc1ccc2nc(CN3CCCC3CN3CC(C)OC(C)C3)cc(=O)n2c1. The van der Waals surface area contributed by atoms with E-state index in [2.05, 4.69) is 23.6 Å². The highest BCUT2D eigenvalue weighted by Crippen LogP contribution is 2.22. The maximum Gasteiger partial charge on any atom is 0.258 e. The first-order valence-corrected chi connectivity index (χ1v) is 10.1. The number of morpholine rings is 1. The second kappa shape index (κ2) is 7.70. The van der Waals surface area contributed by atoms with E-state index in [1.807, 2.05) is 25.3 Å². The summed E-state index contributed by atoms with van der Waals surface area (Å²) in [6.45, 7) is 11.2. The Balaban J connectivity index is 1.47. The number of hydrogen-bond donors (Lipinski definition) is 0. The summed E-state index contributed by atoms with van der Waals surface area (Å²) in [6, 6.07) is 6.16. The summed E-state index contributed by atoms with van der Waals surface area (Å²) in [7, 11) is 0. The predicted molar refractivity (Wildman–Crippen MR) is 106 cm³/mol. The Morgan fingerprint density at radius 2 is 2.00 bits per heavy atom. The van der Waals surface area contributed by atoms with E-state index in [1.165, 1.54) is 12.8 Å². The van der Waals surface area contributed by atoms with Crippen LogP contribution in [0, 0.1) is 6.92 Å². The maximum absolute atomic E-state index is 12.5. The Labute approximate surface area is 160 Å². The van der Waals surface area contributed by atoms with E-state index >= 15 is 0 Å². The highest BCUT2D eigenvalue weighted by molar-refractivity contribution is 5.39. The van der Waals surface area contributed by atoms with E-state index < -0.39 is 0 Å². The van der Waals surface area contributed by atoms with Gasteiger partial charge in [-0.25, -0.2) is 4.98 Å². The normalized spacial score (nSPS) is 27.4. The van der Waals surface area contributed by atoms with Crippen molar-refractivity contribution in [3.63, 3.8) is 0 Å². The van der Waals surface area contributed by atoms with Gasteiger partial charge in [-0.15, -0.1) is 0 Å². The molecule has 0 aromatic carbocycles. The summed E-state index contributed by atoms with van der Waals surface area (Å²) < 4.78 is 7.50. The highest BCUT2D eigenvalue weighted by Gasteiger charge is 2.30. The molecule has 2 aromatic heterocycles. The van der Waals surface area contributed by atoms with Crippen LogP contribution < -0.4 is 5.56 Å². The molecule has 0 saturated carbocycles. The molecular formula is C21H30N4O2. The van der Waals surface area contributed by atoms with Crippen LogP contribution in [0.3, 0.4) is 0 Å². The van der Waals surface area contributed by atoms with Crippen LogP contribution in [0.25, 0.3) is 5.65 Å². The summed E-state index contributed by atoms with van der Waals surface area (Å²) >= 11 is 0. The molecule has 0 N–H and O–H groups in total. The molecule has 0 spiro atoms. The average Bonchev–Trinajstić information content (AvgIpc) is 3.01. The topological polar surface area (TPSA) is 50.1 Å². The lowest BCUT2D eigenvalue weighted by Gasteiger charge is -2.38. The summed E-state index contributed by atoms with van der Waals surface area (Å²) in [6.07, 6.45) is 4.88. The zero-order valence-electron chi connectivity index (χ0n) is 16.6. The number of pyridine rings is 1. The average molecular weight is 370 g/mol. The van der Waals surface area contributed by atoms with Gasteiger partial charge in [-0.1, -0.05) is 6.07 Å². The highest BCUT2D eigenvalue weighted by atomic mass is 16.5. The Hall–Kier alpha value is -1.76. The number of hydrogen-bond acceptors (Lipinski definition) is 5. The minimum absolute atomic E-state index is 0.00489. The molecule has 3 atom stereocenters. The molecule has 0 amide bonds. The van der Waals surface area contributed by atoms with Crippen molar-refractivity contribution in [1.29, 1.82) is 0 Å². The zero-order valence-corrected chi connectivity index (χ0v) is 16.6. The summed E-state index contributed by atoms with van der Waals surface area (Å²) in [5.74, 6) is 0. The summed E-state index contributed by atoms with van der Waals surface area (Å²) in [5, 5.41) is 0. The first-order valence-electron chi connectivity index (χ1n) is 10.1. The summed E-state index contributed by atoms with van der Waals surface area (Å²) in [5.41, 5.74) is 2.67. The first-order chi connectivity index (χ1) is 13.0. The second-order valence-corrected chi connectivity index (χ2v) is 8.26. The van der Waals surface area contributed by atoms with Crippen molar-refractivity contribution >= 4 is 5.65 Å². The predicted octanol–water partition coefficient (Wildman–Crippen LogP) is 2.08. The van der Waals surface area contributed by atoms with Crippen molar-refractivity contribution in [2.75, 3.05) is 26.2 Å². The van der Waals surface area contributed by atoms with Crippen LogP contribution in [-0.4, -0.2) is 63.6 Å². The van der Waals surface area contributed by atoms with Crippen molar-refractivity contribution in [2.45, 2.75) is 58.4 Å². The molecular weight excluding hydrogens is 340 g/mol. The first kappa shape index (κ1) is 18.6. The smallest absolute Gasteiger partial charge is 0.258 e. The van der Waals surface area contributed by atoms with E-state index in [1.54, 1.807) is 10.5 Å². The molecule has 4 rings (SSSR count). The van der Waals surface area contributed by atoms with Crippen molar-refractivity contribution in [1.82, 2.24) is 19.2 Å². The molecule has 2 fully saturated rings. The van der Waals surface area contributed by atoms with E-state index in [0.29, 0.717) is 18.2 Å². The fourth-order valence-electron chi connectivity index (χ4n) is 4.59. The molecule has 6 nitrogen and oxygen atoms in total. The van der Waals surface area contributed by atoms with E-state index in [4.69, 9.17) is 9.72 Å². The minimum Gasteiger partial charge on any atom is -0.373 e. The lowest BCUT2D eigenvalue weighted by molar-refractivity contribution is -0.0724. The number of fused-ring (bicyclic) bond motifs is 1. The van der Waals surface area contributed by atoms with Crippen LogP contribution in [0.4, 0.5) is 0 Å². The molecule has 0 aliphatic carbocycles. The van der Waals surface area contributed by atoms with Gasteiger partial charge in [0, 0.05) is 44.5 Å². The summed E-state index contributed by atoms with van der Waals surface area (Å²) in [4.78, 5) is 22.2. The van der Waals surface area contributed by atoms with Gasteiger partial charge in [-0.3, -0.25) is 19.0 Å². The van der Waals surface area contributed by atoms with Crippen molar-refractivity contribution < 1.29 is 4.74 Å². The largest absolute Gasteiger partial charge is 0.373 e. The van der Waals surface area contributed by atoms with Gasteiger partial charge in [0.2, 0.25) is 0 Å². The van der Waals surface area contributed by atoms with E-state index in [9.17, 15) is 4.79 Å². The van der Waals surface area contributed by atoms with Gasteiger partial charge in [0.1, 0.15) is 5.65 Å². The number of aromatic nitrogens is 2. The van der Waals surface area contributed by atoms with Crippen molar-refractivity contribution in [2.24, 2.45) is 0 Å². The van der Waals surface area contributed by atoms with Crippen LogP contribution in [-0.2, 0) is 11.3 Å². The maximum atomic E-state index is 12.5. The lowest BCUT2D eigenvalue weighted by Crippen LogP contribution is -2.50. The minimum atomic E-state index is 0.00489. The van der Waals surface area contributed by atoms with Gasteiger partial charge in [-0.05, 0) is 51.8 Å². The van der Waals surface area contributed by atoms with Crippen LogP contribution in [0.5, 0.6) is 0 Å². The molecule has 27 heavy (non-hydrogen) atoms. The van der Waals surface area contributed by atoms with E-state index in [-0.39, 0.29) is 5.56 Å². The van der Waals surface area contributed by atoms with Gasteiger partial charge in [0.25, 0.3) is 5.56 Å². The Morgan fingerprint density at radius 1 is 1.22 bits per heavy atom. The third kappa shape index (κ3) is 4.23. The molecule has 2 aliphatic heterocycles. The fraction of sp³-hybridized carbons (Fsp3) is 0.619. The van der Waals surface area contributed by atoms with Crippen LogP contribution >= 0.6 is 0 Å². The number of likely N-dealkylation sites (tertiary alicyclic amines) is 1. The molecule has 0 bridgehead atoms. The van der Waals surface area contributed by atoms with E-state index in [0.717, 1.165) is 49.6 Å². The monoisotopic (exact) mass is 370 g/mol. The van der Waals surface area contributed by atoms with Gasteiger partial charge in [0.15, 0.2) is 0 Å². The molecule has 4 heterocycles. The molecule has 6 heteroatoms. The fourth-order valence-corrected chi connectivity index (χ4v) is 4.59. The third-order valence-corrected chi connectivity index (χ3v) is 5.69. The Bertz CT molecular complexity index is 855. The molecule has 2 saturated heterocycles. The molecule has 146 valence electrons. The molecule has 2 aromatic rings. The van der Waals surface area contributed by atoms with Gasteiger partial charge < -0.3 is 4.74 Å². The number of nitrogens with zero attached hydrogens (tertiary/aromatic N) is 4. The van der Waals surface area contributed by atoms with Crippen LogP contribution in [0.15, 0.2) is 29.2 Å². The lowest BCUT2D eigenvalue weighted by atomic mass is 10.1. The van der Waals surface area contributed by atoms with Gasteiger partial charge in [0.05, 0.1) is 17.9 Å². The number of rotatable bonds is 4. The van der Waals surface area contributed by atoms with Gasteiger partial charge in [-0.2, -0.15) is 0 Å². The van der Waals surface area contributed by atoms with Crippen molar-refractivity contribution in [3.05, 3.63) is 46.0 Å². The molecule has 3 unspecified atom stereocenters. The quantitative estimate of drug-likeness (QED) is 0.825. The molecule has 0 radical (unpaired) electrons. The number of aryl methyl sites for hydroxylation is 1. The Morgan fingerprint density at radius 3 is 2.78 bits per heavy atom. The van der Waals surface area contributed by atoms with Crippen molar-refractivity contribution in [3.8, 4) is 0 Å². The van der Waals surface area contributed by atoms with Crippen LogP contribution in [0.2, 0.25) is 0 Å². The van der Waals surface area contributed by atoms with Crippen LogP contribution in [0.1, 0.15) is 37.9 Å². The van der Waals surface area contributed by atoms with Gasteiger partial charge >= 0.3 is 0 Å². The third-order valence-electron chi connectivity index (χ3n) is 5.69. The second-order valence-electron chi connectivity index (χ2n) is 8.26. The molecule has 2 aliphatic rings.